The van der Waals surface area contributed by atoms with E-state index in [0.717, 1.165) is 0 Å². The Balaban J connectivity index is 2.22. The van der Waals surface area contributed by atoms with E-state index in [9.17, 15) is 14.7 Å². The minimum Gasteiger partial charge on any atom is -0.497 e. The van der Waals surface area contributed by atoms with Gasteiger partial charge in [0.15, 0.2) is 6.04 Å². The van der Waals surface area contributed by atoms with Crippen LogP contribution in [0.5, 0.6) is 5.75 Å². The van der Waals surface area contributed by atoms with Gasteiger partial charge in [-0.25, -0.2) is 9.59 Å². The molecule has 0 fully saturated rings. The summed E-state index contributed by atoms with van der Waals surface area (Å²) in [5, 5.41) is 10.1. The first-order chi connectivity index (χ1) is 11.0. The van der Waals surface area contributed by atoms with E-state index in [1.807, 2.05) is 0 Å². The number of carbonyl (C=O) groups is 1. The molecule has 1 unspecified atom stereocenters. The normalized spacial score (nSPS) is 12.3. The minimum atomic E-state index is -1.17. The standard InChI is InChI=1S/C16H13ClN2O4/c1-23-11-5-2-9(3-6-11)14(15(20)21)19-13-8-10(17)4-7-12(13)18-16(19)22/h2-8,14H,1H3,(H,18,22)(H,20,21). The molecule has 23 heavy (non-hydrogen) atoms. The Hall–Kier alpha value is -2.73. The smallest absolute Gasteiger partial charge is 0.331 e. The van der Waals surface area contributed by atoms with Gasteiger partial charge in [-0.3, -0.25) is 4.57 Å². The average molecular weight is 333 g/mol. The Morgan fingerprint density at radius 3 is 2.57 bits per heavy atom. The number of fused-ring (bicyclic) bond motifs is 1. The molecule has 7 heteroatoms. The van der Waals surface area contributed by atoms with Crippen LogP contribution in [0.2, 0.25) is 5.02 Å². The molecule has 0 spiro atoms. The third-order valence-electron chi connectivity index (χ3n) is 3.60. The Morgan fingerprint density at radius 2 is 1.96 bits per heavy atom. The maximum atomic E-state index is 12.3. The third kappa shape index (κ3) is 2.68. The van der Waals surface area contributed by atoms with E-state index in [2.05, 4.69) is 4.98 Å². The fraction of sp³-hybridized carbons (Fsp3) is 0.125. The Bertz CT molecular complexity index is 927. The second-order valence-electron chi connectivity index (χ2n) is 4.98. The number of halogens is 1. The van der Waals surface area contributed by atoms with Crippen LogP contribution in [0.25, 0.3) is 11.0 Å². The summed E-state index contributed by atoms with van der Waals surface area (Å²) >= 11 is 5.98. The van der Waals surface area contributed by atoms with Gasteiger partial charge in [0, 0.05) is 5.02 Å². The summed E-state index contributed by atoms with van der Waals surface area (Å²) in [5.74, 6) is -0.537. The molecule has 1 heterocycles. The largest absolute Gasteiger partial charge is 0.497 e. The van der Waals surface area contributed by atoms with E-state index in [4.69, 9.17) is 16.3 Å². The van der Waals surface area contributed by atoms with Crippen molar-refractivity contribution in [1.29, 1.82) is 0 Å². The number of methoxy groups -OCH3 is 1. The van der Waals surface area contributed by atoms with Crippen LogP contribution in [0, 0.1) is 0 Å². The quantitative estimate of drug-likeness (QED) is 0.769. The van der Waals surface area contributed by atoms with Crippen molar-refractivity contribution in [1.82, 2.24) is 9.55 Å². The van der Waals surface area contributed by atoms with Crippen LogP contribution >= 0.6 is 11.6 Å². The molecule has 0 amide bonds. The first-order valence-corrected chi connectivity index (χ1v) is 7.15. The molecule has 3 aromatic rings. The van der Waals surface area contributed by atoms with Gasteiger partial charge in [-0.05, 0) is 35.9 Å². The van der Waals surface area contributed by atoms with E-state index >= 15 is 0 Å². The van der Waals surface area contributed by atoms with Crippen molar-refractivity contribution >= 4 is 28.6 Å². The first kappa shape index (κ1) is 15.2. The number of hydrogen-bond donors (Lipinski definition) is 2. The van der Waals surface area contributed by atoms with Crippen molar-refractivity contribution in [3.8, 4) is 5.75 Å². The predicted molar refractivity (Wildman–Crippen MR) is 86.3 cm³/mol. The van der Waals surface area contributed by atoms with Crippen molar-refractivity contribution in [3.63, 3.8) is 0 Å². The van der Waals surface area contributed by atoms with E-state index in [1.165, 1.54) is 11.7 Å². The summed E-state index contributed by atoms with van der Waals surface area (Å²) in [6.07, 6.45) is 0. The lowest BCUT2D eigenvalue weighted by Crippen LogP contribution is -2.28. The highest BCUT2D eigenvalue weighted by atomic mass is 35.5. The molecule has 1 atom stereocenters. The predicted octanol–water partition coefficient (Wildman–Crippen LogP) is 2.67. The molecule has 2 N–H and O–H groups in total. The number of aliphatic carboxylic acids is 1. The summed E-state index contributed by atoms with van der Waals surface area (Å²) in [4.78, 5) is 26.7. The lowest BCUT2D eigenvalue weighted by atomic mass is 10.1. The zero-order valence-corrected chi connectivity index (χ0v) is 12.9. The number of rotatable bonds is 4. The maximum absolute atomic E-state index is 12.3. The van der Waals surface area contributed by atoms with Gasteiger partial charge in [-0.2, -0.15) is 0 Å². The van der Waals surface area contributed by atoms with Crippen molar-refractivity contribution in [2.45, 2.75) is 6.04 Å². The number of imidazole rings is 1. The number of H-pyrrole nitrogens is 1. The highest BCUT2D eigenvalue weighted by Crippen LogP contribution is 2.25. The Labute approximate surface area is 135 Å². The zero-order valence-electron chi connectivity index (χ0n) is 12.1. The number of hydrogen-bond acceptors (Lipinski definition) is 3. The number of nitrogens with zero attached hydrogens (tertiary/aromatic N) is 1. The number of ether oxygens (including phenoxy) is 1. The SMILES string of the molecule is COc1ccc(C(C(=O)O)n2c(=O)[nH]c3ccc(Cl)cc32)cc1. The van der Waals surface area contributed by atoms with Gasteiger partial charge in [0.1, 0.15) is 5.75 Å². The summed E-state index contributed by atoms with van der Waals surface area (Å²) in [6.45, 7) is 0. The lowest BCUT2D eigenvalue weighted by Gasteiger charge is -2.15. The van der Waals surface area contributed by atoms with Crippen molar-refractivity contribution in [2.75, 3.05) is 7.11 Å². The third-order valence-corrected chi connectivity index (χ3v) is 3.84. The summed E-state index contributed by atoms with van der Waals surface area (Å²) in [5.41, 5.74) is 0.914. The molecule has 0 saturated heterocycles. The van der Waals surface area contributed by atoms with Gasteiger partial charge < -0.3 is 14.8 Å². The molecule has 1 aromatic heterocycles. The van der Waals surface area contributed by atoms with Crippen molar-refractivity contribution in [3.05, 3.63) is 63.5 Å². The molecule has 0 aliphatic heterocycles. The van der Waals surface area contributed by atoms with E-state index < -0.39 is 17.7 Å². The molecule has 3 rings (SSSR count). The summed E-state index contributed by atoms with van der Waals surface area (Å²) < 4.78 is 6.26. The molecule has 0 aliphatic rings. The van der Waals surface area contributed by atoms with Crippen molar-refractivity contribution < 1.29 is 14.6 Å². The second kappa shape index (κ2) is 5.81. The molecule has 0 aliphatic carbocycles. The van der Waals surface area contributed by atoms with Crippen molar-refractivity contribution in [2.24, 2.45) is 0 Å². The highest BCUT2D eigenvalue weighted by Gasteiger charge is 2.26. The molecule has 0 radical (unpaired) electrons. The van der Waals surface area contributed by atoms with Crippen LogP contribution in [-0.2, 0) is 4.79 Å². The summed E-state index contributed by atoms with van der Waals surface area (Å²) in [6, 6.07) is 10.2. The van der Waals surface area contributed by atoms with E-state index in [0.29, 0.717) is 27.4 Å². The molecule has 0 saturated carbocycles. The summed E-state index contributed by atoms with van der Waals surface area (Å²) in [7, 11) is 1.52. The van der Waals surface area contributed by atoms with Gasteiger partial charge in [0.05, 0.1) is 18.1 Å². The van der Waals surface area contributed by atoms with Gasteiger partial charge in [-0.15, -0.1) is 0 Å². The number of carboxylic acid groups (broad SMARTS) is 1. The molecule has 6 nitrogen and oxygen atoms in total. The Morgan fingerprint density at radius 1 is 1.26 bits per heavy atom. The number of aromatic nitrogens is 2. The fourth-order valence-corrected chi connectivity index (χ4v) is 2.71. The van der Waals surface area contributed by atoms with Crippen LogP contribution in [-0.4, -0.2) is 27.7 Å². The van der Waals surface area contributed by atoms with E-state index in [-0.39, 0.29) is 0 Å². The maximum Gasteiger partial charge on any atom is 0.331 e. The molecule has 0 bridgehead atoms. The van der Waals surface area contributed by atoms with Crippen LogP contribution in [0.1, 0.15) is 11.6 Å². The van der Waals surface area contributed by atoms with Gasteiger partial charge in [-0.1, -0.05) is 23.7 Å². The topological polar surface area (TPSA) is 84.3 Å². The molecular formula is C16H13ClN2O4. The van der Waals surface area contributed by atoms with Crippen LogP contribution in [0.15, 0.2) is 47.3 Å². The monoisotopic (exact) mass is 332 g/mol. The molecule has 118 valence electrons. The number of benzene rings is 2. The Kier molecular flexibility index (Phi) is 3.83. The highest BCUT2D eigenvalue weighted by molar-refractivity contribution is 6.31. The first-order valence-electron chi connectivity index (χ1n) is 6.78. The zero-order chi connectivity index (χ0) is 16.6. The van der Waals surface area contributed by atoms with E-state index in [1.54, 1.807) is 42.5 Å². The van der Waals surface area contributed by atoms with Gasteiger partial charge in [0.25, 0.3) is 0 Å². The van der Waals surface area contributed by atoms with Gasteiger partial charge in [0.2, 0.25) is 0 Å². The fourth-order valence-electron chi connectivity index (χ4n) is 2.54. The molecule has 2 aromatic carbocycles. The minimum absolute atomic E-state index is 0.420. The van der Waals surface area contributed by atoms with Crippen LogP contribution in [0.4, 0.5) is 0 Å². The van der Waals surface area contributed by atoms with Crippen LogP contribution < -0.4 is 10.4 Å². The lowest BCUT2D eigenvalue weighted by molar-refractivity contribution is -0.139. The average Bonchev–Trinajstić information content (AvgIpc) is 2.84. The van der Waals surface area contributed by atoms with Gasteiger partial charge >= 0.3 is 11.7 Å². The van der Waals surface area contributed by atoms with Crippen LogP contribution in [0.3, 0.4) is 0 Å². The number of carboxylic acids is 1. The number of aromatic amines is 1. The second-order valence-corrected chi connectivity index (χ2v) is 5.41. The number of nitrogens with one attached hydrogen (secondary N) is 1. The molecular weight excluding hydrogens is 320 g/mol.